The molecule has 3 aromatic heterocycles. The summed E-state index contributed by atoms with van der Waals surface area (Å²) in [4.78, 5) is 28.3. The third kappa shape index (κ3) is 3.30. The van der Waals surface area contributed by atoms with Crippen molar-refractivity contribution >= 4 is 29.0 Å². The Bertz CT molecular complexity index is 1210. The topological polar surface area (TPSA) is 88.8 Å². The average Bonchev–Trinajstić information content (AvgIpc) is 3.08. The van der Waals surface area contributed by atoms with Crippen molar-refractivity contribution in [3.05, 3.63) is 58.2 Å². The summed E-state index contributed by atoms with van der Waals surface area (Å²) in [5.41, 5.74) is 1.87. The molecule has 0 spiro atoms. The number of halogens is 1. The molecule has 0 unspecified atom stereocenters. The molecule has 1 N–H and O–H groups in total. The van der Waals surface area contributed by atoms with Gasteiger partial charge in [0.15, 0.2) is 16.6 Å². The number of fused-ring (bicyclic) bond motifs is 1. The van der Waals surface area contributed by atoms with Crippen molar-refractivity contribution in [1.82, 2.24) is 29.5 Å². The zero-order chi connectivity index (χ0) is 18.8. The van der Waals surface area contributed by atoms with E-state index in [9.17, 15) is 4.79 Å². The van der Waals surface area contributed by atoms with Crippen molar-refractivity contribution in [3.63, 3.8) is 0 Å². The van der Waals surface area contributed by atoms with E-state index in [-0.39, 0.29) is 0 Å². The van der Waals surface area contributed by atoms with E-state index in [4.69, 9.17) is 18.0 Å². The Balaban J connectivity index is 2.03. The number of aromatic nitrogens is 6. The largest absolute Gasteiger partial charge is 0.350 e. The molecule has 0 amide bonds. The van der Waals surface area contributed by atoms with Crippen molar-refractivity contribution in [3.8, 4) is 35.0 Å². The summed E-state index contributed by atoms with van der Waals surface area (Å²) in [6.45, 7) is 0. The first kappa shape index (κ1) is 17.3. The van der Waals surface area contributed by atoms with Gasteiger partial charge < -0.3 is 0 Å². The highest BCUT2D eigenvalue weighted by molar-refractivity contribution is 7.99. The van der Waals surface area contributed by atoms with E-state index in [0.717, 1.165) is 5.56 Å². The Kier molecular flexibility index (Phi) is 4.62. The lowest BCUT2D eigenvalue weighted by atomic mass is 10.1. The summed E-state index contributed by atoms with van der Waals surface area (Å²) < 4.78 is 1.20. The van der Waals surface area contributed by atoms with Crippen LogP contribution in [-0.4, -0.2) is 35.3 Å². The van der Waals surface area contributed by atoms with Gasteiger partial charge in [0.1, 0.15) is 5.69 Å². The molecule has 4 aromatic rings. The van der Waals surface area contributed by atoms with Gasteiger partial charge in [-0.25, -0.2) is 19.7 Å². The van der Waals surface area contributed by atoms with Crippen LogP contribution in [0.1, 0.15) is 0 Å². The van der Waals surface area contributed by atoms with Gasteiger partial charge in [0, 0.05) is 17.4 Å². The number of thioether (sulfide) groups is 1. The van der Waals surface area contributed by atoms with Crippen LogP contribution in [0, 0.1) is 12.3 Å². The Labute approximate surface area is 162 Å². The first-order valence-electron chi connectivity index (χ1n) is 7.80. The minimum absolute atomic E-state index is 0.387. The molecule has 0 aliphatic carbocycles. The first-order chi connectivity index (χ1) is 13.2. The van der Waals surface area contributed by atoms with Crippen molar-refractivity contribution in [2.75, 3.05) is 5.75 Å². The van der Waals surface area contributed by atoms with Gasteiger partial charge in [-0.15, -0.1) is 6.42 Å². The van der Waals surface area contributed by atoms with E-state index in [0.29, 0.717) is 38.7 Å². The highest BCUT2D eigenvalue weighted by atomic mass is 35.5. The second kappa shape index (κ2) is 7.23. The molecule has 1 aromatic carbocycles. The second-order valence-electron chi connectivity index (χ2n) is 5.38. The van der Waals surface area contributed by atoms with Crippen molar-refractivity contribution in [2.24, 2.45) is 0 Å². The maximum Gasteiger partial charge on any atom is 0.350 e. The van der Waals surface area contributed by atoms with E-state index < -0.39 is 5.69 Å². The molecule has 9 heteroatoms. The number of H-pyrrole nitrogens is 1. The summed E-state index contributed by atoms with van der Waals surface area (Å²) in [6.07, 6.45) is 8.53. The van der Waals surface area contributed by atoms with Crippen LogP contribution < -0.4 is 5.69 Å². The molecule has 3 heterocycles. The molecule has 0 saturated carbocycles. The van der Waals surface area contributed by atoms with Gasteiger partial charge in [-0.05, 0) is 23.8 Å². The minimum Gasteiger partial charge on any atom is -0.285 e. The van der Waals surface area contributed by atoms with Gasteiger partial charge in [-0.3, -0.25) is 4.98 Å². The number of rotatable bonds is 4. The Morgan fingerprint density at radius 3 is 2.67 bits per heavy atom. The quantitative estimate of drug-likeness (QED) is 0.423. The number of hydrogen-bond donors (Lipinski definition) is 1. The molecule has 27 heavy (non-hydrogen) atoms. The van der Waals surface area contributed by atoms with Crippen LogP contribution in [0.5, 0.6) is 0 Å². The summed E-state index contributed by atoms with van der Waals surface area (Å²) in [7, 11) is 0. The number of aromatic amines is 1. The molecule has 0 aliphatic heterocycles. The summed E-state index contributed by atoms with van der Waals surface area (Å²) in [5, 5.41) is 5.42. The van der Waals surface area contributed by atoms with E-state index in [1.165, 1.54) is 16.3 Å². The number of terminal acetylenes is 1. The van der Waals surface area contributed by atoms with E-state index >= 15 is 0 Å². The minimum atomic E-state index is -0.420. The van der Waals surface area contributed by atoms with Gasteiger partial charge in [-0.1, -0.05) is 41.4 Å². The Morgan fingerprint density at radius 1 is 1.22 bits per heavy atom. The molecule has 0 bridgehead atoms. The van der Waals surface area contributed by atoms with Gasteiger partial charge >= 0.3 is 5.69 Å². The monoisotopic (exact) mass is 394 g/mol. The Hall–Kier alpha value is -3.15. The van der Waals surface area contributed by atoms with Crippen LogP contribution in [0.25, 0.3) is 28.3 Å². The molecule has 0 saturated heterocycles. The van der Waals surface area contributed by atoms with Gasteiger partial charge in [0.2, 0.25) is 0 Å². The van der Waals surface area contributed by atoms with Gasteiger partial charge in [0.05, 0.1) is 11.3 Å². The number of nitrogens with zero attached hydrogens (tertiary/aromatic N) is 5. The fraction of sp³-hybridized carbons (Fsp3) is 0.0556. The molecule has 0 aliphatic rings. The number of benzene rings is 1. The molecule has 0 radical (unpaired) electrons. The summed E-state index contributed by atoms with van der Waals surface area (Å²) in [6, 6.07) is 8.90. The molecule has 0 fully saturated rings. The molecule has 7 nitrogen and oxygen atoms in total. The highest BCUT2D eigenvalue weighted by Crippen LogP contribution is 2.33. The van der Waals surface area contributed by atoms with Crippen LogP contribution in [0.3, 0.4) is 0 Å². The predicted molar refractivity (Wildman–Crippen MR) is 105 cm³/mol. The van der Waals surface area contributed by atoms with Crippen LogP contribution in [0.15, 0.2) is 52.7 Å². The lowest BCUT2D eigenvalue weighted by molar-refractivity contribution is 0.787. The number of nitrogens with one attached hydrogen (secondary N) is 1. The third-order valence-corrected chi connectivity index (χ3v) is 4.71. The molecule has 0 atom stereocenters. The van der Waals surface area contributed by atoms with Gasteiger partial charge in [-0.2, -0.15) is 9.61 Å². The summed E-state index contributed by atoms with van der Waals surface area (Å²) in [5.74, 6) is 3.29. The van der Waals surface area contributed by atoms with E-state index in [1.54, 1.807) is 30.6 Å². The third-order valence-electron chi connectivity index (χ3n) is 3.68. The maximum absolute atomic E-state index is 12.5. The van der Waals surface area contributed by atoms with Crippen LogP contribution in [-0.2, 0) is 0 Å². The normalized spacial score (nSPS) is 10.8. The van der Waals surface area contributed by atoms with Crippen LogP contribution in [0.2, 0.25) is 5.02 Å². The fourth-order valence-corrected chi connectivity index (χ4v) is 3.22. The summed E-state index contributed by atoms with van der Waals surface area (Å²) >= 11 is 7.28. The van der Waals surface area contributed by atoms with Gasteiger partial charge in [0.25, 0.3) is 0 Å². The average molecular weight is 395 g/mol. The lowest BCUT2D eigenvalue weighted by Gasteiger charge is -2.03. The molecular formula is C18H11ClN6OS. The standard InChI is InChI=1S/C18H11ClN6OS/c1-2-10-27-17-22-16-13(11-4-6-12(19)7-5-11)14(15-20-8-3-9-21-15)24-25(16)18(26)23-17/h1,3-9H,10H2,(H,22,23,26). The lowest BCUT2D eigenvalue weighted by Crippen LogP contribution is -2.19. The highest BCUT2D eigenvalue weighted by Gasteiger charge is 2.21. The molecule has 4 rings (SSSR count). The zero-order valence-corrected chi connectivity index (χ0v) is 15.3. The van der Waals surface area contributed by atoms with E-state index in [1.807, 2.05) is 12.1 Å². The van der Waals surface area contributed by atoms with Crippen LogP contribution >= 0.6 is 23.4 Å². The number of hydrogen-bond acceptors (Lipinski definition) is 6. The van der Waals surface area contributed by atoms with Crippen molar-refractivity contribution in [1.29, 1.82) is 0 Å². The fourth-order valence-electron chi connectivity index (χ4n) is 2.56. The first-order valence-corrected chi connectivity index (χ1v) is 9.16. The second-order valence-corrected chi connectivity index (χ2v) is 6.78. The van der Waals surface area contributed by atoms with Crippen molar-refractivity contribution in [2.45, 2.75) is 5.16 Å². The SMILES string of the molecule is C#CCSc1nc2c(-c3ccc(Cl)cc3)c(-c3ncccn3)nn2c(=O)[nH]1. The molecule has 132 valence electrons. The molecular weight excluding hydrogens is 384 g/mol. The van der Waals surface area contributed by atoms with Crippen LogP contribution in [0.4, 0.5) is 0 Å². The van der Waals surface area contributed by atoms with Crippen molar-refractivity contribution < 1.29 is 0 Å². The maximum atomic E-state index is 12.5. The predicted octanol–water partition coefficient (Wildman–Crippen LogP) is 2.92. The Morgan fingerprint density at radius 2 is 1.96 bits per heavy atom. The smallest absolute Gasteiger partial charge is 0.285 e. The zero-order valence-electron chi connectivity index (χ0n) is 13.8. The van der Waals surface area contributed by atoms with E-state index in [2.05, 4.69) is 31.0 Å².